The van der Waals surface area contributed by atoms with Crippen LogP contribution in [-0.2, 0) is 6.42 Å². The molecule has 1 rings (SSSR count). The highest BCUT2D eigenvalue weighted by molar-refractivity contribution is 5.92. The van der Waals surface area contributed by atoms with E-state index in [-0.39, 0.29) is 11.9 Å². The Bertz CT molecular complexity index is 367. The minimum Gasteiger partial charge on any atom is -0.456 e. The van der Waals surface area contributed by atoms with Gasteiger partial charge in [-0.05, 0) is 32.9 Å². The summed E-state index contributed by atoms with van der Waals surface area (Å²) in [4.78, 5) is 11.8. The van der Waals surface area contributed by atoms with Crippen molar-refractivity contribution in [2.45, 2.75) is 45.7 Å². The molecule has 0 aliphatic rings. The lowest BCUT2D eigenvalue weighted by molar-refractivity contribution is 0.0873. The number of hydrogen-bond acceptors (Lipinski definition) is 3. The third-order valence-electron chi connectivity index (χ3n) is 2.81. The molecule has 1 aromatic rings. The van der Waals surface area contributed by atoms with Gasteiger partial charge in [-0.15, -0.1) is 0 Å². The molecule has 4 heteroatoms. The van der Waals surface area contributed by atoms with Crippen molar-refractivity contribution < 1.29 is 9.21 Å². The van der Waals surface area contributed by atoms with Gasteiger partial charge in [0.25, 0.3) is 5.91 Å². The predicted octanol–water partition coefficient (Wildman–Crippen LogP) is 1.70. The van der Waals surface area contributed by atoms with E-state index >= 15 is 0 Å². The summed E-state index contributed by atoms with van der Waals surface area (Å²) >= 11 is 0. The molecule has 16 heavy (non-hydrogen) atoms. The molecule has 1 atom stereocenters. The van der Waals surface area contributed by atoms with Crippen LogP contribution in [0.5, 0.6) is 0 Å². The second-order valence-electron chi connectivity index (χ2n) is 4.58. The molecule has 0 aromatic carbocycles. The minimum absolute atomic E-state index is 0.128. The Morgan fingerprint density at radius 1 is 1.56 bits per heavy atom. The zero-order valence-electron chi connectivity index (χ0n) is 10.3. The van der Waals surface area contributed by atoms with Crippen molar-refractivity contribution in [1.29, 1.82) is 0 Å². The van der Waals surface area contributed by atoms with Crippen molar-refractivity contribution in [2.75, 3.05) is 0 Å². The Hall–Kier alpha value is -1.29. The number of hydrogen-bond donors (Lipinski definition) is 2. The standard InChI is InChI=1S/C12H20N2O2/c1-5-9-6-7-10(16-9)11(15)14-12(3,4)8(2)13/h6-8H,5,13H2,1-4H3,(H,14,15). The number of amides is 1. The maximum Gasteiger partial charge on any atom is 0.287 e. The maximum atomic E-state index is 11.8. The van der Waals surface area contributed by atoms with Crippen molar-refractivity contribution >= 4 is 5.91 Å². The van der Waals surface area contributed by atoms with Crippen LogP contribution >= 0.6 is 0 Å². The predicted molar refractivity (Wildman–Crippen MR) is 63.3 cm³/mol. The normalized spacial score (nSPS) is 13.6. The smallest absolute Gasteiger partial charge is 0.287 e. The number of nitrogens with two attached hydrogens (primary N) is 1. The Morgan fingerprint density at radius 3 is 2.62 bits per heavy atom. The summed E-state index contributed by atoms with van der Waals surface area (Å²) in [5.74, 6) is 0.927. The van der Waals surface area contributed by atoms with Crippen molar-refractivity contribution in [3.8, 4) is 0 Å². The Labute approximate surface area is 96.2 Å². The molecular formula is C12H20N2O2. The monoisotopic (exact) mass is 224 g/mol. The highest BCUT2D eigenvalue weighted by Crippen LogP contribution is 2.12. The van der Waals surface area contributed by atoms with Crippen LogP contribution < -0.4 is 11.1 Å². The average Bonchev–Trinajstić information content (AvgIpc) is 2.64. The zero-order chi connectivity index (χ0) is 12.3. The third-order valence-corrected chi connectivity index (χ3v) is 2.81. The molecule has 3 N–H and O–H groups in total. The van der Waals surface area contributed by atoms with Crippen LogP contribution in [0.15, 0.2) is 16.5 Å². The quantitative estimate of drug-likeness (QED) is 0.817. The Morgan fingerprint density at radius 2 is 2.19 bits per heavy atom. The molecule has 1 aromatic heterocycles. The molecular weight excluding hydrogens is 204 g/mol. The summed E-state index contributed by atoms with van der Waals surface area (Å²) in [7, 11) is 0. The van der Waals surface area contributed by atoms with E-state index in [2.05, 4.69) is 5.32 Å². The van der Waals surface area contributed by atoms with Crippen LogP contribution in [-0.4, -0.2) is 17.5 Å². The molecule has 0 saturated carbocycles. The number of aryl methyl sites for hydroxylation is 1. The van der Waals surface area contributed by atoms with Gasteiger partial charge < -0.3 is 15.5 Å². The fourth-order valence-electron chi connectivity index (χ4n) is 1.16. The second-order valence-corrected chi connectivity index (χ2v) is 4.58. The average molecular weight is 224 g/mol. The summed E-state index contributed by atoms with van der Waals surface area (Å²) in [6.45, 7) is 7.62. The van der Waals surface area contributed by atoms with E-state index in [9.17, 15) is 4.79 Å². The van der Waals surface area contributed by atoms with Crippen molar-refractivity contribution in [3.63, 3.8) is 0 Å². The summed E-state index contributed by atoms with van der Waals surface area (Å²) < 4.78 is 5.37. The van der Waals surface area contributed by atoms with Gasteiger partial charge in [0.2, 0.25) is 0 Å². The first kappa shape index (κ1) is 12.8. The lowest BCUT2D eigenvalue weighted by Gasteiger charge is -2.29. The number of carbonyl (C=O) groups is 1. The fourth-order valence-corrected chi connectivity index (χ4v) is 1.16. The lowest BCUT2D eigenvalue weighted by Crippen LogP contribution is -2.54. The van der Waals surface area contributed by atoms with Crippen LogP contribution in [0.3, 0.4) is 0 Å². The van der Waals surface area contributed by atoms with Crippen molar-refractivity contribution in [3.05, 3.63) is 23.7 Å². The zero-order valence-corrected chi connectivity index (χ0v) is 10.3. The first-order valence-corrected chi connectivity index (χ1v) is 5.53. The number of furan rings is 1. The molecule has 1 unspecified atom stereocenters. The van der Waals surface area contributed by atoms with Gasteiger partial charge in [-0.3, -0.25) is 4.79 Å². The third kappa shape index (κ3) is 2.85. The molecule has 0 aliphatic heterocycles. The summed E-state index contributed by atoms with van der Waals surface area (Å²) in [5, 5.41) is 2.85. The van der Waals surface area contributed by atoms with E-state index in [1.807, 2.05) is 33.8 Å². The van der Waals surface area contributed by atoms with Crippen molar-refractivity contribution in [2.24, 2.45) is 5.73 Å². The van der Waals surface area contributed by atoms with Gasteiger partial charge in [0.05, 0.1) is 0 Å². The molecule has 0 aliphatic carbocycles. The molecule has 4 nitrogen and oxygen atoms in total. The van der Waals surface area contributed by atoms with E-state index in [1.165, 1.54) is 0 Å². The van der Waals surface area contributed by atoms with E-state index in [1.54, 1.807) is 6.07 Å². The molecule has 0 spiro atoms. The fraction of sp³-hybridized carbons (Fsp3) is 0.583. The highest BCUT2D eigenvalue weighted by Gasteiger charge is 2.26. The van der Waals surface area contributed by atoms with Crippen LogP contribution in [0.1, 0.15) is 44.0 Å². The van der Waals surface area contributed by atoms with Gasteiger partial charge in [-0.1, -0.05) is 6.92 Å². The van der Waals surface area contributed by atoms with Gasteiger partial charge in [-0.25, -0.2) is 0 Å². The molecule has 0 saturated heterocycles. The van der Waals surface area contributed by atoms with E-state index < -0.39 is 5.54 Å². The second kappa shape index (κ2) is 4.70. The van der Waals surface area contributed by atoms with E-state index in [4.69, 9.17) is 10.2 Å². The van der Waals surface area contributed by atoms with Crippen molar-refractivity contribution in [1.82, 2.24) is 5.32 Å². The number of nitrogens with one attached hydrogen (secondary N) is 1. The van der Waals surface area contributed by atoms with Crippen LogP contribution in [0.2, 0.25) is 0 Å². The lowest BCUT2D eigenvalue weighted by atomic mass is 9.97. The van der Waals surface area contributed by atoms with Gasteiger partial charge in [-0.2, -0.15) is 0 Å². The Kier molecular flexibility index (Phi) is 3.75. The largest absolute Gasteiger partial charge is 0.456 e. The van der Waals surface area contributed by atoms with E-state index in [0.717, 1.165) is 12.2 Å². The van der Waals surface area contributed by atoms with Crippen LogP contribution in [0, 0.1) is 0 Å². The Balaban J connectivity index is 2.72. The molecule has 0 bridgehead atoms. The maximum absolute atomic E-state index is 11.8. The first-order valence-electron chi connectivity index (χ1n) is 5.53. The summed E-state index contributed by atoms with van der Waals surface area (Å²) in [6.07, 6.45) is 0.782. The number of rotatable bonds is 4. The summed E-state index contributed by atoms with van der Waals surface area (Å²) in [5.41, 5.74) is 5.33. The van der Waals surface area contributed by atoms with Crippen LogP contribution in [0.25, 0.3) is 0 Å². The van der Waals surface area contributed by atoms with Gasteiger partial charge >= 0.3 is 0 Å². The molecule has 90 valence electrons. The van der Waals surface area contributed by atoms with E-state index in [0.29, 0.717) is 5.76 Å². The summed E-state index contributed by atoms with van der Waals surface area (Å²) in [6, 6.07) is 3.37. The van der Waals surface area contributed by atoms with Gasteiger partial charge in [0, 0.05) is 18.0 Å². The molecule has 1 heterocycles. The minimum atomic E-state index is -0.448. The highest BCUT2D eigenvalue weighted by atomic mass is 16.3. The van der Waals surface area contributed by atoms with Gasteiger partial charge in [0.1, 0.15) is 5.76 Å². The van der Waals surface area contributed by atoms with Crippen LogP contribution in [0.4, 0.5) is 0 Å². The molecule has 0 fully saturated rings. The first-order chi connectivity index (χ1) is 7.36. The topological polar surface area (TPSA) is 68.3 Å². The molecule has 1 amide bonds. The number of carbonyl (C=O) groups excluding carboxylic acids is 1. The SMILES string of the molecule is CCc1ccc(C(=O)NC(C)(C)C(C)N)o1. The van der Waals surface area contributed by atoms with Gasteiger partial charge in [0.15, 0.2) is 5.76 Å². The molecule has 0 radical (unpaired) electrons.